The number of carbonyl (C=O) groups excluding carboxylic acids is 1. The minimum atomic E-state index is -3.93. The van der Waals surface area contributed by atoms with Gasteiger partial charge in [-0.05, 0) is 42.8 Å². The van der Waals surface area contributed by atoms with Crippen molar-refractivity contribution < 1.29 is 23.1 Å². The topological polar surface area (TPSA) is 113 Å². The number of sulfonamides is 1. The first-order valence-electron chi connectivity index (χ1n) is 6.93. The molecule has 126 valence electrons. The predicted octanol–water partition coefficient (Wildman–Crippen LogP) is 2.45. The molecule has 0 aliphatic carbocycles. The number of nitrogens with one attached hydrogen (secondary N) is 2. The first-order valence-corrected chi connectivity index (χ1v) is 8.42. The molecule has 0 aliphatic heterocycles. The zero-order valence-corrected chi connectivity index (χ0v) is 13.8. The molecule has 2 rings (SSSR count). The number of carboxylic acid groups (broad SMARTS) is 1. The number of amides is 1. The monoisotopic (exact) mass is 348 g/mol. The van der Waals surface area contributed by atoms with Crippen LogP contribution in [0, 0.1) is 6.92 Å². The Kier molecular flexibility index (Phi) is 4.89. The molecule has 24 heavy (non-hydrogen) atoms. The Balaban J connectivity index is 2.35. The Morgan fingerprint density at radius 1 is 1.08 bits per heavy atom. The average Bonchev–Trinajstić information content (AvgIpc) is 2.48. The van der Waals surface area contributed by atoms with Gasteiger partial charge in [-0.1, -0.05) is 12.1 Å². The lowest BCUT2D eigenvalue weighted by molar-refractivity contribution is -0.114. The highest BCUT2D eigenvalue weighted by molar-refractivity contribution is 7.92. The SMILES string of the molecule is CC(=O)Nc1cc(S(=O)(=O)Nc2cccc(C(=O)O)c2)ccc1C. The summed E-state index contributed by atoms with van der Waals surface area (Å²) in [6.45, 7) is 3.07. The average molecular weight is 348 g/mol. The third kappa shape index (κ3) is 4.11. The molecule has 0 unspecified atom stereocenters. The third-order valence-corrected chi connectivity index (χ3v) is 4.57. The molecule has 0 aromatic heterocycles. The molecular formula is C16H16N2O5S. The second-order valence-corrected chi connectivity index (χ2v) is 6.83. The van der Waals surface area contributed by atoms with Crippen molar-refractivity contribution in [3.8, 4) is 0 Å². The van der Waals surface area contributed by atoms with Crippen molar-refractivity contribution in [3.63, 3.8) is 0 Å². The van der Waals surface area contributed by atoms with E-state index in [9.17, 15) is 18.0 Å². The van der Waals surface area contributed by atoms with Crippen LogP contribution in [0.3, 0.4) is 0 Å². The summed E-state index contributed by atoms with van der Waals surface area (Å²) < 4.78 is 27.2. The second-order valence-electron chi connectivity index (χ2n) is 5.15. The Morgan fingerprint density at radius 2 is 1.79 bits per heavy atom. The van der Waals surface area contributed by atoms with Gasteiger partial charge in [0.05, 0.1) is 10.5 Å². The van der Waals surface area contributed by atoms with Crippen LogP contribution in [-0.4, -0.2) is 25.4 Å². The lowest BCUT2D eigenvalue weighted by atomic mass is 10.2. The van der Waals surface area contributed by atoms with Crippen molar-refractivity contribution >= 4 is 33.3 Å². The van der Waals surface area contributed by atoms with Gasteiger partial charge in [0.25, 0.3) is 10.0 Å². The van der Waals surface area contributed by atoms with Crippen molar-refractivity contribution in [2.24, 2.45) is 0 Å². The predicted molar refractivity (Wildman–Crippen MR) is 89.7 cm³/mol. The van der Waals surface area contributed by atoms with Gasteiger partial charge in [-0.15, -0.1) is 0 Å². The van der Waals surface area contributed by atoms with E-state index >= 15 is 0 Å². The Bertz CT molecular complexity index is 906. The molecule has 0 radical (unpaired) electrons. The van der Waals surface area contributed by atoms with Crippen LogP contribution in [0.1, 0.15) is 22.8 Å². The highest BCUT2D eigenvalue weighted by Crippen LogP contribution is 2.23. The molecule has 0 atom stereocenters. The minimum Gasteiger partial charge on any atom is -0.478 e. The molecule has 2 aromatic carbocycles. The van der Waals surface area contributed by atoms with Crippen molar-refractivity contribution in [1.82, 2.24) is 0 Å². The van der Waals surface area contributed by atoms with Crippen LogP contribution >= 0.6 is 0 Å². The number of rotatable bonds is 5. The van der Waals surface area contributed by atoms with Crippen LogP contribution in [0.15, 0.2) is 47.4 Å². The Morgan fingerprint density at radius 3 is 2.42 bits per heavy atom. The van der Waals surface area contributed by atoms with Crippen LogP contribution in [0.5, 0.6) is 0 Å². The summed E-state index contributed by atoms with van der Waals surface area (Å²) in [7, 11) is -3.93. The number of hydrogen-bond donors (Lipinski definition) is 3. The maximum Gasteiger partial charge on any atom is 0.335 e. The van der Waals surface area contributed by atoms with E-state index in [4.69, 9.17) is 5.11 Å². The highest BCUT2D eigenvalue weighted by atomic mass is 32.2. The van der Waals surface area contributed by atoms with Gasteiger partial charge in [0.2, 0.25) is 5.91 Å². The van der Waals surface area contributed by atoms with Crippen LogP contribution in [-0.2, 0) is 14.8 Å². The van der Waals surface area contributed by atoms with Gasteiger partial charge in [0, 0.05) is 18.3 Å². The van der Waals surface area contributed by atoms with Gasteiger partial charge in [0.1, 0.15) is 0 Å². The van der Waals surface area contributed by atoms with E-state index in [1.54, 1.807) is 13.0 Å². The van der Waals surface area contributed by atoms with Gasteiger partial charge in [-0.25, -0.2) is 13.2 Å². The number of hydrogen-bond acceptors (Lipinski definition) is 4. The summed E-state index contributed by atoms with van der Waals surface area (Å²) >= 11 is 0. The largest absolute Gasteiger partial charge is 0.478 e. The molecule has 0 heterocycles. The Labute approximate surface area is 139 Å². The molecule has 8 heteroatoms. The summed E-state index contributed by atoms with van der Waals surface area (Å²) in [5.41, 5.74) is 1.22. The summed E-state index contributed by atoms with van der Waals surface area (Å²) in [5, 5.41) is 11.5. The molecular weight excluding hydrogens is 332 g/mol. The molecule has 2 aromatic rings. The van der Waals surface area contributed by atoms with Crippen molar-refractivity contribution in [2.45, 2.75) is 18.7 Å². The normalized spacial score (nSPS) is 10.9. The van der Waals surface area contributed by atoms with Crippen LogP contribution < -0.4 is 10.0 Å². The number of anilines is 2. The van der Waals surface area contributed by atoms with Crippen molar-refractivity contribution in [1.29, 1.82) is 0 Å². The quantitative estimate of drug-likeness (QED) is 0.768. The molecule has 0 saturated heterocycles. The maximum atomic E-state index is 12.5. The number of carbonyl (C=O) groups is 2. The molecule has 0 aliphatic rings. The summed E-state index contributed by atoms with van der Waals surface area (Å²) in [5.74, 6) is -1.46. The number of aromatic carboxylic acids is 1. The highest BCUT2D eigenvalue weighted by Gasteiger charge is 2.17. The van der Waals surface area contributed by atoms with E-state index in [2.05, 4.69) is 10.0 Å². The summed E-state index contributed by atoms with van der Waals surface area (Å²) in [6.07, 6.45) is 0. The van der Waals surface area contributed by atoms with Gasteiger partial charge < -0.3 is 10.4 Å². The molecule has 0 bridgehead atoms. The van der Waals surface area contributed by atoms with E-state index < -0.39 is 16.0 Å². The first-order chi connectivity index (χ1) is 11.2. The molecule has 0 fully saturated rings. The van der Waals surface area contributed by atoms with E-state index in [0.29, 0.717) is 5.69 Å². The number of benzene rings is 2. The first kappa shape index (κ1) is 17.5. The minimum absolute atomic E-state index is 0.0296. The summed E-state index contributed by atoms with van der Waals surface area (Å²) in [6, 6.07) is 9.81. The lowest BCUT2D eigenvalue weighted by Crippen LogP contribution is -2.15. The fourth-order valence-electron chi connectivity index (χ4n) is 2.02. The van der Waals surface area contributed by atoms with E-state index in [-0.39, 0.29) is 22.1 Å². The molecule has 1 amide bonds. The van der Waals surface area contributed by atoms with Crippen molar-refractivity contribution in [2.75, 3.05) is 10.0 Å². The van der Waals surface area contributed by atoms with Gasteiger partial charge >= 0.3 is 5.97 Å². The lowest BCUT2D eigenvalue weighted by Gasteiger charge is -2.12. The van der Waals surface area contributed by atoms with E-state index in [0.717, 1.165) is 5.56 Å². The Hall–Kier alpha value is -2.87. The van der Waals surface area contributed by atoms with Crippen LogP contribution in [0.4, 0.5) is 11.4 Å². The molecule has 7 nitrogen and oxygen atoms in total. The molecule has 0 spiro atoms. The second kappa shape index (κ2) is 6.71. The molecule has 0 saturated carbocycles. The van der Waals surface area contributed by atoms with Crippen LogP contribution in [0.25, 0.3) is 0 Å². The third-order valence-electron chi connectivity index (χ3n) is 3.19. The van der Waals surface area contributed by atoms with Gasteiger partial charge in [-0.3, -0.25) is 9.52 Å². The van der Waals surface area contributed by atoms with Crippen molar-refractivity contribution in [3.05, 3.63) is 53.6 Å². The van der Waals surface area contributed by atoms with Gasteiger partial charge in [0.15, 0.2) is 0 Å². The molecule has 3 N–H and O–H groups in total. The van der Waals surface area contributed by atoms with E-state index in [1.807, 2.05) is 0 Å². The zero-order chi connectivity index (χ0) is 17.9. The maximum absolute atomic E-state index is 12.5. The van der Waals surface area contributed by atoms with Gasteiger partial charge in [-0.2, -0.15) is 0 Å². The zero-order valence-electron chi connectivity index (χ0n) is 13.0. The summed E-state index contributed by atoms with van der Waals surface area (Å²) in [4.78, 5) is 22.1. The van der Waals surface area contributed by atoms with Crippen LogP contribution in [0.2, 0.25) is 0 Å². The van der Waals surface area contributed by atoms with E-state index in [1.165, 1.54) is 43.3 Å². The standard InChI is InChI=1S/C16H16N2O5S/c1-10-6-7-14(9-15(10)17-11(2)19)24(22,23)18-13-5-3-4-12(8-13)16(20)21/h3-9,18H,1-2H3,(H,17,19)(H,20,21). The fourth-order valence-corrected chi connectivity index (χ4v) is 3.10. The number of aryl methyl sites for hydroxylation is 1. The smallest absolute Gasteiger partial charge is 0.335 e. The fraction of sp³-hybridized carbons (Fsp3) is 0.125. The number of carboxylic acids is 1.